The van der Waals surface area contributed by atoms with E-state index in [0.717, 1.165) is 31.5 Å². The minimum absolute atomic E-state index is 0.0780. The molecule has 126 valence electrons. The quantitative estimate of drug-likeness (QED) is 0.602. The molecule has 0 aliphatic carbocycles. The first kappa shape index (κ1) is 19.8. The maximum Gasteiger partial charge on any atom is 0.0853 e. The fourth-order valence-electron chi connectivity index (χ4n) is 2.44. The van der Waals surface area contributed by atoms with Crippen molar-refractivity contribution in [3.8, 4) is 0 Å². The van der Waals surface area contributed by atoms with Crippen molar-refractivity contribution in [1.82, 2.24) is 9.88 Å². The lowest BCUT2D eigenvalue weighted by molar-refractivity contribution is 0.265. The Kier molecular flexibility index (Phi) is 10.2. The predicted molar refractivity (Wildman–Crippen MR) is 97.0 cm³/mol. The molecule has 0 bridgehead atoms. The third-order valence-electron chi connectivity index (χ3n) is 3.41. The molecule has 0 fully saturated rings. The number of aliphatic hydroxyl groups is 2. The molecule has 0 saturated heterocycles. The van der Waals surface area contributed by atoms with Crippen LogP contribution in [0.25, 0.3) is 0 Å². The number of pyridine rings is 1. The Morgan fingerprint density at radius 1 is 1.23 bits per heavy atom. The van der Waals surface area contributed by atoms with Crippen molar-refractivity contribution in [3.05, 3.63) is 29.1 Å². The zero-order valence-electron chi connectivity index (χ0n) is 13.8. The zero-order chi connectivity index (χ0) is 16.4. The predicted octanol–water partition coefficient (Wildman–Crippen LogP) is 2.58. The second-order valence-corrected chi connectivity index (χ2v) is 8.31. The number of hydrogen-bond donors (Lipinski definition) is 2. The first-order valence-electron chi connectivity index (χ1n) is 7.63. The highest BCUT2D eigenvalue weighted by molar-refractivity contribution is 8.76. The largest absolute Gasteiger partial charge is 0.390 e. The average molecular weight is 345 g/mol. The molecule has 1 aromatic heterocycles. The van der Waals surface area contributed by atoms with Crippen LogP contribution >= 0.6 is 21.6 Å². The van der Waals surface area contributed by atoms with Gasteiger partial charge in [-0.05, 0) is 56.3 Å². The third kappa shape index (κ3) is 7.83. The first-order valence-corrected chi connectivity index (χ1v) is 10.4. The van der Waals surface area contributed by atoms with Crippen LogP contribution in [0.2, 0.25) is 0 Å². The molecule has 22 heavy (non-hydrogen) atoms. The minimum Gasteiger partial charge on any atom is -0.390 e. The standard InChI is InChI=1S/C16H28N2O2S2/c1-13(12-22-21-3)9-18(2)6-4-5-14-7-15(10-19)17-16(8-14)11-20/h7-8,13,19-20H,4-6,9-12H2,1-3H3. The van der Waals surface area contributed by atoms with E-state index in [1.165, 1.54) is 5.75 Å². The summed E-state index contributed by atoms with van der Waals surface area (Å²) >= 11 is 0. The van der Waals surface area contributed by atoms with Crippen molar-refractivity contribution in [3.63, 3.8) is 0 Å². The highest BCUT2D eigenvalue weighted by atomic mass is 33.1. The van der Waals surface area contributed by atoms with Crippen molar-refractivity contribution in [2.45, 2.75) is 33.0 Å². The van der Waals surface area contributed by atoms with Gasteiger partial charge in [-0.2, -0.15) is 0 Å². The van der Waals surface area contributed by atoms with Gasteiger partial charge in [0.1, 0.15) is 0 Å². The SMILES string of the molecule is CSSCC(C)CN(C)CCCc1cc(CO)nc(CO)c1. The van der Waals surface area contributed by atoms with Crippen LogP contribution in [-0.4, -0.2) is 52.2 Å². The van der Waals surface area contributed by atoms with E-state index in [-0.39, 0.29) is 13.2 Å². The lowest BCUT2D eigenvalue weighted by atomic mass is 10.1. The summed E-state index contributed by atoms with van der Waals surface area (Å²) < 4.78 is 0. The monoisotopic (exact) mass is 344 g/mol. The van der Waals surface area contributed by atoms with E-state index >= 15 is 0 Å². The Bertz CT molecular complexity index is 410. The molecule has 1 aromatic rings. The highest BCUT2D eigenvalue weighted by Gasteiger charge is 2.07. The molecule has 0 aliphatic rings. The first-order chi connectivity index (χ1) is 10.6. The highest BCUT2D eigenvalue weighted by Crippen LogP contribution is 2.20. The van der Waals surface area contributed by atoms with Gasteiger partial charge in [0.05, 0.1) is 24.6 Å². The molecule has 1 rings (SSSR count). The number of rotatable bonds is 11. The van der Waals surface area contributed by atoms with Crippen LogP contribution < -0.4 is 0 Å². The van der Waals surface area contributed by atoms with Gasteiger partial charge in [-0.1, -0.05) is 28.5 Å². The van der Waals surface area contributed by atoms with Gasteiger partial charge in [-0.3, -0.25) is 4.98 Å². The summed E-state index contributed by atoms with van der Waals surface area (Å²) in [6.07, 6.45) is 4.14. The molecule has 0 radical (unpaired) electrons. The molecule has 0 aromatic carbocycles. The van der Waals surface area contributed by atoms with Gasteiger partial charge in [-0.25, -0.2) is 0 Å². The van der Waals surface area contributed by atoms with E-state index in [4.69, 9.17) is 0 Å². The van der Waals surface area contributed by atoms with Gasteiger partial charge >= 0.3 is 0 Å². The van der Waals surface area contributed by atoms with Crippen LogP contribution in [0.3, 0.4) is 0 Å². The van der Waals surface area contributed by atoms with Crippen LogP contribution in [0, 0.1) is 5.92 Å². The van der Waals surface area contributed by atoms with E-state index in [1.807, 2.05) is 33.7 Å². The van der Waals surface area contributed by atoms with Crippen LogP contribution in [-0.2, 0) is 19.6 Å². The summed E-state index contributed by atoms with van der Waals surface area (Å²) in [6.45, 7) is 4.31. The van der Waals surface area contributed by atoms with Gasteiger partial charge in [0.25, 0.3) is 0 Å². The maximum atomic E-state index is 9.21. The molecule has 0 amide bonds. The summed E-state index contributed by atoms with van der Waals surface area (Å²) in [5.41, 5.74) is 2.41. The minimum atomic E-state index is -0.0780. The molecular weight excluding hydrogens is 316 g/mol. The van der Waals surface area contributed by atoms with Gasteiger partial charge in [0, 0.05) is 12.3 Å². The van der Waals surface area contributed by atoms with Gasteiger partial charge < -0.3 is 15.1 Å². The molecule has 2 N–H and O–H groups in total. The van der Waals surface area contributed by atoms with Crippen molar-refractivity contribution in [1.29, 1.82) is 0 Å². The van der Waals surface area contributed by atoms with E-state index < -0.39 is 0 Å². The van der Waals surface area contributed by atoms with Gasteiger partial charge in [0.15, 0.2) is 0 Å². The smallest absolute Gasteiger partial charge is 0.0853 e. The Labute approximate surface area is 142 Å². The Morgan fingerprint density at radius 3 is 2.41 bits per heavy atom. The second-order valence-electron chi connectivity index (χ2n) is 5.70. The topological polar surface area (TPSA) is 56.6 Å². The lowest BCUT2D eigenvalue weighted by Crippen LogP contribution is -2.26. The van der Waals surface area contributed by atoms with Crippen LogP contribution in [0.15, 0.2) is 12.1 Å². The summed E-state index contributed by atoms with van der Waals surface area (Å²) in [6, 6.07) is 3.85. The molecule has 0 spiro atoms. The van der Waals surface area contributed by atoms with Crippen LogP contribution in [0.1, 0.15) is 30.3 Å². The number of aryl methyl sites for hydroxylation is 1. The zero-order valence-corrected chi connectivity index (χ0v) is 15.4. The van der Waals surface area contributed by atoms with Crippen molar-refractivity contribution < 1.29 is 10.2 Å². The molecular formula is C16H28N2O2S2. The van der Waals surface area contributed by atoms with Gasteiger partial charge in [0.2, 0.25) is 0 Å². The number of aromatic nitrogens is 1. The maximum absolute atomic E-state index is 9.21. The van der Waals surface area contributed by atoms with Gasteiger partial charge in [-0.15, -0.1) is 0 Å². The summed E-state index contributed by atoms with van der Waals surface area (Å²) in [5.74, 6) is 1.89. The van der Waals surface area contributed by atoms with Crippen molar-refractivity contribution >= 4 is 21.6 Å². The number of nitrogens with zero attached hydrogens (tertiary/aromatic N) is 2. The molecule has 0 saturated carbocycles. The molecule has 0 aliphatic heterocycles. The van der Waals surface area contributed by atoms with E-state index in [2.05, 4.69) is 30.1 Å². The summed E-state index contributed by atoms with van der Waals surface area (Å²) in [5, 5.41) is 18.4. The summed E-state index contributed by atoms with van der Waals surface area (Å²) in [7, 11) is 5.92. The third-order valence-corrected chi connectivity index (χ3v) is 5.47. The van der Waals surface area contributed by atoms with Crippen LogP contribution in [0.5, 0.6) is 0 Å². The van der Waals surface area contributed by atoms with Crippen molar-refractivity contribution in [2.75, 3.05) is 32.1 Å². The molecule has 1 unspecified atom stereocenters. The number of hydrogen-bond acceptors (Lipinski definition) is 6. The van der Waals surface area contributed by atoms with Crippen LogP contribution in [0.4, 0.5) is 0 Å². The fourth-order valence-corrected chi connectivity index (χ4v) is 4.02. The Balaban J connectivity index is 2.37. The van der Waals surface area contributed by atoms with E-state index in [0.29, 0.717) is 17.3 Å². The average Bonchev–Trinajstić information content (AvgIpc) is 2.52. The van der Waals surface area contributed by atoms with Crippen molar-refractivity contribution in [2.24, 2.45) is 5.92 Å². The van der Waals surface area contributed by atoms with E-state index in [9.17, 15) is 10.2 Å². The summed E-state index contributed by atoms with van der Waals surface area (Å²) in [4.78, 5) is 6.55. The fraction of sp³-hybridized carbons (Fsp3) is 0.688. The molecule has 1 atom stereocenters. The van der Waals surface area contributed by atoms with E-state index in [1.54, 1.807) is 0 Å². The molecule has 6 heteroatoms. The number of aliphatic hydroxyl groups excluding tert-OH is 2. The Morgan fingerprint density at radius 2 is 1.86 bits per heavy atom. The second kappa shape index (κ2) is 11.3. The molecule has 4 nitrogen and oxygen atoms in total. The Hall–Kier alpha value is -0.270. The lowest BCUT2D eigenvalue weighted by Gasteiger charge is -2.20. The normalized spacial score (nSPS) is 12.8. The molecule has 1 heterocycles.